The third-order valence-electron chi connectivity index (χ3n) is 2.93. The standard InChI is InChI=1S/C14H19NO3/c1-10(2)13(12-7-5-4-6-8-12)15(9-16)11(3)14(17)18/h4-8,11,13,16H,1,9H2,2-3H3,(H,17,18). The van der Waals surface area contributed by atoms with Crippen molar-refractivity contribution in [2.45, 2.75) is 25.9 Å². The molecule has 0 aliphatic heterocycles. The number of rotatable bonds is 6. The van der Waals surface area contributed by atoms with Gasteiger partial charge in [-0.1, -0.05) is 42.5 Å². The van der Waals surface area contributed by atoms with Crippen molar-refractivity contribution < 1.29 is 15.0 Å². The predicted octanol–water partition coefficient (Wildman–Crippen LogP) is 2.03. The van der Waals surface area contributed by atoms with E-state index in [1.807, 2.05) is 37.3 Å². The summed E-state index contributed by atoms with van der Waals surface area (Å²) in [6, 6.07) is 8.37. The lowest BCUT2D eigenvalue weighted by Gasteiger charge is -2.33. The van der Waals surface area contributed by atoms with Crippen LogP contribution < -0.4 is 0 Å². The number of aliphatic hydroxyl groups is 1. The molecule has 18 heavy (non-hydrogen) atoms. The van der Waals surface area contributed by atoms with Crippen molar-refractivity contribution in [2.75, 3.05) is 6.73 Å². The molecule has 0 amide bonds. The molecule has 0 aliphatic carbocycles. The topological polar surface area (TPSA) is 60.8 Å². The molecular formula is C14H19NO3. The fourth-order valence-corrected chi connectivity index (χ4v) is 1.96. The van der Waals surface area contributed by atoms with Gasteiger partial charge in [0, 0.05) is 0 Å². The maximum Gasteiger partial charge on any atom is 0.320 e. The van der Waals surface area contributed by atoms with Crippen LogP contribution in [0.15, 0.2) is 42.5 Å². The Labute approximate surface area is 107 Å². The van der Waals surface area contributed by atoms with Gasteiger partial charge in [0.05, 0.1) is 12.8 Å². The molecule has 0 saturated heterocycles. The van der Waals surface area contributed by atoms with Crippen LogP contribution in [0.4, 0.5) is 0 Å². The number of carboxylic acids is 1. The van der Waals surface area contributed by atoms with Crippen LogP contribution >= 0.6 is 0 Å². The number of hydrogen-bond donors (Lipinski definition) is 2. The minimum Gasteiger partial charge on any atom is -0.480 e. The van der Waals surface area contributed by atoms with Crippen molar-refractivity contribution in [1.29, 1.82) is 0 Å². The van der Waals surface area contributed by atoms with Crippen LogP contribution in [-0.2, 0) is 4.79 Å². The first kappa shape index (κ1) is 14.4. The Hall–Kier alpha value is -1.65. The number of aliphatic hydroxyl groups excluding tert-OH is 1. The van der Waals surface area contributed by atoms with E-state index in [4.69, 9.17) is 5.11 Å². The third kappa shape index (κ3) is 3.18. The molecule has 4 nitrogen and oxygen atoms in total. The summed E-state index contributed by atoms with van der Waals surface area (Å²) < 4.78 is 0. The van der Waals surface area contributed by atoms with Crippen molar-refractivity contribution in [1.82, 2.24) is 4.90 Å². The van der Waals surface area contributed by atoms with Crippen LogP contribution in [0.3, 0.4) is 0 Å². The minimum absolute atomic E-state index is 0.303. The van der Waals surface area contributed by atoms with Gasteiger partial charge in [0.1, 0.15) is 6.04 Å². The fourth-order valence-electron chi connectivity index (χ4n) is 1.96. The quantitative estimate of drug-likeness (QED) is 0.598. The molecule has 0 fully saturated rings. The molecule has 2 N–H and O–H groups in total. The zero-order chi connectivity index (χ0) is 13.7. The van der Waals surface area contributed by atoms with Crippen molar-refractivity contribution in [3.63, 3.8) is 0 Å². The highest BCUT2D eigenvalue weighted by Crippen LogP contribution is 2.28. The van der Waals surface area contributed by atoms with E-state index in [0.717, 1.165) is 11.1 Å². The smallest absolute Gasteiger partial charge is 0.320 e. The average Bonchev–Trinajstić information content (AvgIpc) is 2.35. The summed E-state index contributed by atoms with van der Waals surface area (Å²) >= 11 is 0. The molecule has 2 unspecified atom stereocenters. The monoisotopic (exact) mass is 249 g/mol. The van der Waals surface area contributed by atoms with E-state index in [1.165, 1.54) is 4.90 Å². The summed E-state index contributed by atoms with van der Waals surface area (Å²) in [7, 11) is 0. The van der Waals surface area contributed by atoms with Gasteiger partial charge in [0.15, 0.2) is 0 Å². The maximum absolute atomic E-state index is 11.1. The molecule has 0 saturated carbocycles. The van der Waals surface area contributed by atoms with Gasteiger partial charge in [0.25, 0.3) is 0 Å². The van der Waals surface area contributed by atoms with Gasteiger partial charge in [-0.15, -0.1) is 0 Å². The van der Waals surface area contributed by atoms with Gasteiger partial charge in [-0.05, 0) is 19.4 Å². The van der Waals surface area contributed by atoms with E-state index >= 15 is 0 Å². The molecule has 2 atom stereocenters. The average molecular weight is 249 g/mol. The van der Waals surface area contributed by atoms with Crippen molar-refractivity contribution >= 4 is 5.97 Å². The van der Waals surface area contributed by atoms with E-state index in [9.17, 15) is 9.90 Å². The lowest BCUT2D eigenvalue weighted by atomic mass is 9.98. The van der Waals surface area contributed by atoms with E-state index in [0.29, 0.717) is 0 Å². The van der Waals surface area contributed by atoms with Gasteiger partial charge in [-0.25, -0.2) is 0 Å². The summed E-state index contributed by atoms with van der Waals surface area (Å²) in [5.74, 6) is -0.966. The van der Waals surface area contributed by atoms with Gasteiger partial charge < -0.3 is 10.2 Å². The highest BCUT2D eigenvalue weighted by molar-refractivity contribution is 5.73. The summed E-state index contributed by atoms with van der Waals surface area (Å²) in [6.45, 7) is 6.94. The van der Waals surface area contributed by atoms with E-state index in [2.05, 4.69) is 6.58 Å². The Morgan fingerprint density at radius 1 is 1.39 bits per heavy atom. The first-order valence-electron chi connectivity index (χ1n) is 5.78. The number of hydrogen-bond acceptors (Lipinski definition) is 3. The zero-order valence-electron chi connectivity index (χ0n) is 10.7. The van der Waals surface area contributed by atoms with Gasteiger partial charge in [-0.3, -0.25) is 9.69 Å². The highest BCUT2D eigenvalue weighted by atomic mass is 16.4. The maximum atomic E-state index is 11.1. The SMILES string of the molecule is C=C(C)C(c1ccccc1)N(CO)C(C)C(=O)O. The first-order chi connectivity index (χ1) is 8.49. The summed E-state index contributed by atoms with van der Waals surface area (Å²) in [6.07, 6.45) is 0. The summed E-state index contributed by atoms with van der Waals surface area (Å²) in [5, 5.41) is 18.5. The largest absolute Gasteiger partial charge is 0.480 e. The lowest BCUT2D eigenvalue weighted by Crippen LogP contribution is -2.42. The Morgan fingerprint density at radius 2 is 1.94 bits per heavy atom. The molecule has 0 radical (unpaired) electrons. The van der Waals surface area contributed by atoms with Crippen LogP contribution in [0.1, 0.15) is 25.5 Å². The Bertz CT molecular complexity index is 416. The number of benzene rings is 1. The molecule has 1 aromatic rings. The fraction of sp³-hybridized carbons (Fsp3) is 0.357. The van der Waals surface area contributed by atoms with Gasteiger partial charge >= 0.3 is 5.97 Å². The molecule has 0 aliphatic rings. The van der Waals surface area contributed by atoms with Crippen LogP contribution in [0.2, 0.25) is 0 Å². The van der Waals surface area contributed by atoms with Crippen molar-refractivity contribution in [3.05, 3.63) is 48.0 Å². The van der Waals surface area contributed by atoms with Crippen molar-refractivity contribution in [2.24, 2.45) is 0 Å². The Kier molecular flexibility index (Phi) is 5.07. The number of carbonyl (C=O) groups is 1. The van der Waals surface area contributed by atoms with E-state index in [-0.39, 0.29) is 12.8 Å². The normalized spacial score (nSPS) is 14.2. The molecule has 0 heterocycles. The van der Waals surface area contributed by atoms with Crippen molar-refractivity contribution in [3.8, 4) is 0 Å². The number of aliphatic carboxylic acids is 1. The third-order valence-corrected chi connectivity index (χ3v) is 2.93. The second kappa shape index (κ2) is 6.33. The molecule has 1 rings (SSSR count). The second-order valence-corrected chi connectivity index (χ2v) is 4.33. The summed E-state index contributed by atoms with van der Waals surface area (Å²) in [5.41, 5.74) is 1.72. The predicted molar refractivity (Wildman–Crippen MR) is 70.0 cm³/mol. The highest BCUT2D eigenvalue weighted by Gasteiger charge is 2.28. The van der Waals surface area contributed by atoms with Crippen LogP contribution in [0.5, 0.6) is 0 Å². The summed E-state index contributed by atoms with van der Waals surface area (Å²) in [4.78, 5) is 12.6. The van der Waals surface area contributed by atoms with Gasteiger partial charge in [-0.2, -0.15) is 0 Å². The first-order valence-corrected chi connectivity index (χ1v) is 5.78. The second-order valence-electron chi connectivity index (χ2n) is 4.33. The minimum atomic E-state index is -0.966. The Morgan fingerprint density at radius 3 is 2.33 bits per heavy atom. The molecule has 1 aromatic carbocycles. The van der Waals surface area contributed by atoms with Gasteiger partial charge in [0.2, 0.25) is 0 Å². The molecule has 4 heteroatoms. The molecular weight excluding hydrogens is 230 g/mol. The molecule has 0 bridgehead atoms. The lowest BCUT2D eigenvalue weighted by molar-refractivity contribution is -0.145. The molecule has 0 spiro atoms. The van der Waals surface area contributed by atoms with Crippen LogP contribution in [0, 0.1) is 0 Å². The van der Waals surface area contributed by atoms with E-state index < -0.39 is 12.0 Å². The Balaban J connectivity index is 3.11. The number of nitrogens with zero attached hydrogens (tertiary/aromatic N) is 1. The van der Waals surface area contributed by atoms with Crippen LogP contribution in [0.25, 0.3) is 0 Å². The van der Waals surface area contributed by atoms with E-state index in [1.54, 1.807) is 6.92 Å². The number of carboxylic acid groups (broad SMARTS) is 1. The zero-order valence-corrected chi connectivity index (χ0v) is 10.7. The molecule has 98 valence electrons. The van der Waals surface area contributed by atoms with Crippen LogP contribution in [-0.4, -0.2) is 33.9 Å². The molecule has 0 aromatic heterocycles.